The van der Waals surface area contributed by atoms with Crippen LogP contribution in [0.25, 0.3) is 0 Å². The van der Waals surface area contributed by atoms with E-state index < -0.39 is 9.84 Å². The highest BCUT2D eigenvalue weighted by Gasteiger charge is 2.16. The molecule has 1 aromatic heterocycles. The van der Waals surface area contributed by atoms with Crippen LogP contribution in [0.5, 0.6) is 0 Å². The monoisotopic (exact) mass is 227 g/mol. The fraction of sp³-hybridized carbons (Fsp3) is 0.545. The number of hydrogen-bond acceptors (Lipinski definition) is 3. The number of nitrogens with zero attached hydrogens (tertiary/aromatic N) is 1. The molecule has 0 aliphatic rings. The van der Waals surface area contributed by atoms with Gasteiger partial charge in [-0.15, -0.1) is 0 Å². The Kier molecular flexibility index (Phi) is 3.85. The van der Waals surface area contributed by atoms with E-state index >= 15 is 0 Å². The van der Waals surface area contributed by atoms with Crippen molar-refractivity contribution in [2.75, 3.05) is 5.75 Å². The second-order valence-corrected chi connectivity index (χ2v) is 6.61. The Bertz CT molecular complexity index is 424. The van der Waals surface area contributed by atoms with Crippen molar-refractivity contribution in [2.45, 2.75) is 32.4 Å². The van der Waals surface area contributed by atoms with Crippen molar-refractivity contribution in [3.8, 4) is 0 Å². The van der Waals surface area contributed by atoms with Crippen molar-refractivity contribution in [1.82, 2.24) is 4.98 Å². The Morgan fingerprint density at radius 1 is 1.40 bits per heavy atom. The highest BCUT2D eigenvalue weighted by atomic mass is 32.2. The van der Waals surface area contributed by atoms with Gasteiger partial charge >= 0.3 is 0 Å². The van der Waals surface area contributed by atoms with E-state index in [-0.39, 0.29) is 11.0 Å². The van der Waals surface area contributed by atoms with Crippen LogP contribution in [0.15, 0.2) is 18.3 Å². The van der Waals surface area contributed by atoms with E-state index in [1.54, 1.807) is 20.0 Å². The predicted octanol–water partition coefficient (Wildman–Crippen LogP) is 1.76. The molecule has 0 aliphatic carbocycles. The molecule has 1 aromatic rings. The fourth-order valence-corrected chi connectivity index (χ4v) is 2.20. The standard InChI is InChI=1S/C11H17NO2S/c1-9(2)15(13,14)8-6-11-10(3)5-4-7-12-11/h4-5,7,9H,6,8H2,1-3H3. The second kappa shape index (κ2) is 4.75. The molecule has 0 spiro atoms. The summed E-state index contributed by atoms with van der Waals surface area (Å²) in [4.78, 5) is 4.18. The molecule has 0 saturated heterocycles. The van der Waals surface area contributed by atoms with Gasteiger partial charge in [-0.1, -0.05) is 6.07 Å². The molecule has 0 saturated carbocycles. The first-order valence-electron chi connectivity index (χ1n) is 5.05. The zero-order valence-electron chi connectivity index (χ0n) is 9.40. The van der Waals surface area contributed by atoms with E-state index in [1.165, 1.54) is 0 Å². The maximum absolute atomic E-state index is 11.6. The summed E-state index contributed by atoms with van der Waals surface area (Å²) in [6.07, 6.45) is 2.21. The molecule has 3 nitrogen and oxygen atoms in total. The summed E-state index contributed by atoms with van der Waals surface area (Å²) in [5.41, 5.74) is 1.93. The molecule has 0 fully saturated rings. The predicted molar refractivity (Wildman–Crippen MR) is 61.6 cm³/mol. The Morgan fingerprint density at radius 3 is 2.60 bits per heavy atom. The molecule has 0 amide bonds. The van der Waals surface area contributed by atoms with Gasteiger partial charge < -0.3 is 0 Å². The van der Waals surface area contributed by atoms with Crippen LogP contribution in [-0.2, 0) is 16.3 Å². The Hall–Kier alpha value is -0.900. The molecule has 4 heteroatoms. The third-order valence-corrected chi connectivity index (χ3v) is 4.67. The van der Waals surface area contributed by atoms with Crippen LogP contribution < -0.4 is 0 Å². The quantitative estimate of drug-likeness (QED) is 0.787. The van der Waals surface area contributed by atoms with Crippen molar-refractivity contribution < 1.29 is 8.42 Å². The SMILES string of the molecule is Cc1cccnc1CCS(=O)(=O)C(C)C. The van der Waals surface area contributed by atoms with Crippen LogP contribution in [0.2, 0.25) is 0 Å². The van der Waals surface area contributed by atoms with Gasteiger partial charge in [0.25, 0.3) is 0 Å². The first-order valence-corrected chi connectivity index (χ1v) is 6.77. The highest BCUT2D eigenvalue weighted by molar-refractivity contribution is 7.91. The molecule has 1 rings (SSSR count). The molecule has 0 aromatic carbocycles. The third-order valence-electron chi connectivity index (χ3n) is 2.46. The van der Waals surface area contributed by atoms with Crippen LogP contribution in [0, 0.1) is 6.92 Å². The second-order valence-electron chi connectivity index (χ2n) is 3.93. The summed E-state index contributed by atoms with van der Waals surface area (Å²) in [6.45, 7) is 5.37. The lowest BCUT2D eigenvalue weighted by Crippen LogP contribution is -2.19. The summed E-state index contributed by atoms with van der Waals surface area (Å²) in [6, 6.07) is 3.81. The van der Waals surface area contributed by atoms with E-state index in [0.29, 0.717) is 6.42 Å². The minimum absolute atomic E-state index is 0.183. The lowest BCUT2D eigenvalue weighted by Gasteiger charge is -2.08. The first-order chi connectivity index (χ1) is 6.93. The molecule has 0 N–H and O–H groups in total. The summed E-state index contributed by atoms with van der Waals surface area (Å²) in [5.74, 6) is 0.183. The Balaban J connectivity index is 2.70. The zero-order chi connectivity index (χ0) is 11.5. The van der Waals surface area contributed by atoms with Crippen LogP contribution >= 0.6 is 0 Å². The van der Waals surface area contributed by atoms with Gasteiger partial charge in [-0.3, -0.25) is 4.98 Å². The van der Waals surface area contributed by atoms with E-state index in [2.05, 4.69) is 4.98 Å². The summed E-state index contributed by atoms with van der Waals surface area (Å²) >= 11 is 0. The first kappa shape index (κ1) is 12.2. The number of hydrogen-bond donors (Lipinski definition) is 0. The molecular weight excluding hydrogens is 210 g/mol. The summed E-state index contributed by atoms with van der Waals surface area (Å²) < 4.78 is 23.2. The Labute approximate surface area is 91.5 Å². The van der Waals surface area contributed by atoms with Crippen molar-refractivity contribution in [3.63, 3.8) is 0 Å². The molecule has 0 atom stereocenters. The molecule has 0 unspecified atom stereocenters. The largest absolute Gasteiger partial charge is 0.261 e. The molecule has 0 bridgehead atoms. The topological polar surface area (TPSA) is 47.0 Å². The maximum Gasteiger partial charge on any atom is 0.153 e. The van der Waals surface area contributed by atoms with Gasteiger partial charge in [0.05, 0.1) is 11.0 Å². The molecule has 0 aliphatic heterocycles. The van der Waals surface area contributed by atoms with Gasteiger partial charge in [0.1, 0.15) is 0 Å². The van der Waals surface area contributed by atoms with Gasteiger partial charge in [0, 0.05) is 18.3 Å². The normalized spacial score (nSPS) is 12.0. The van der Waals surface area contributed by atoms with Gasteiger partial charge in [-0.2, -0.15) is 0 Å². The minimum Gasteiger partial charge on any atom is -0.261 e. The molecular formula is C11H17NO2S. The average molecular weight is 227 g/mol. The van der Waals surface area contributed by atoms with Crippen molar-refractivity contribution in [2.24, 2.45) is 0 Å². The van der Waals surface area contributed by atoms with Gasteiger partial charge in [-0.05, 0) is 32.4 Å². The number of aryl methyl sites for hydroxylation is 2. The van der Waals surface area contributed by atoms with E-state index in [9.17, 15) is 8.42 Å². The molecule has 1 heterocycles. The van der Waals surface area contributed by atoms with Gasteiger partial charge in [0.2, 0.25) is 0 Å². The number of aromatic nitrogens is 1. The molecule has 0 radical (unpaired) electrons. The third kappa shape index (κ3) is 3.30. The molecule has 15 heavy (non-hydrogen) atoms. The maximum atomic E-state index is 11.6. The lowest BCUT2D eigenvalue weighted by molar-refractivity contribution is 0.586. The van der Waals surface area contributed by atoms with Crippen LogP contribution in [-0.4, -0.2) is 24.4 Å². The minimum atomic E-state index is -2.95. The molecule has 84 valence electrons. The van der Waals surface area contributed by atoms with Crippen LogP contribution in [0.3, 0.4) is 0 Å². The zero-order valence-corrected chi connectivity index (χ0v) is 10.2. The van der Waals surface area contributed by atoms with Crippen LogP contribution in [0.1, 0.15) is 25.1 Å². The van der Waals surface area contributed by atoms with E-state index in [1.807, 2.05) is 19.1 Å². The number of sulfone groups is 1. The van der Waals surface area contributed by atoms with Gasteiger partial charge in [0.15, 0.2) is 9.84 Å². The Morgan fingerprint density at radius 2 is 2.07 bits per heavy atom. The number of pyridine rings is 1. The lowest BCUT2D eigenvalue weighted by atomic mass is 10.2. The van der Waals surface area contributed by atoms with Crippen molar-refractivity contribution >= 4 is 9.84 Å². The van der Waals surface area contributed by atoms with E-state index in [4.69, 9.17) is 0 Å². The average Bonchev–Trinajstić information content (AvgIpc) is 2.16. The van der Waals surface area contributed by atoms with Crippen LogP contribution in [0.4, 0.5) is 0 Å². The summed E-state index contributed by atoms with van der Waals surface area (Å²) in [7, 11) is -2.95. The fourth-order valence-electron chi connectivity index (χ4n) is 1.25. The highest BCUT2D eigenvalue weighted by Crippen LogP contribution is 2.08. The smallest absolute Gasteiger partial charge is 0.153 e. The van der Waals surface area contributed by atoms with Gasteiger partial charge in [-0.25, -0.2) is 8.42 Å². The number of rotatable bonds is 4. The summed E-state index contributed by atoms with van der Waals surface area (Å²) in [5, 5.41) is -0.304. The van der Waals surface area contributed by atoms with Crippen molar-refractivity contribution in [1.29, 1.82) is 0 Å². The van der Waals surface area contributed by atoms with E-state index in [0.717, 1.165) is 11.3 Å². The van der Waals surface area contributed by atoms with Crippen molar-refractivity contribution in [3.05, 3.63) is 29.6 Å².